The maximum absolute atomic E-state index is 11.1. The quantitative estimate of drug-likeness (QED) is 0.495. The number of carbonyl (C=O) groups is 2. The van der Waals surface area contributed by atoms with Gasteiger partial charge >= 0.3 is 0 Å². The van der Waals surface area contributed by atoms with E-state index in [1.165, 1.54) is 13.8 Å². The van der Waals surface area contributed by atoms with Crippen molar-refractivity contribution in [2.24, 2.45) is 0 Å². The Bertz CT molecular complexity index is 306. The molecule has 0 aliphatic carbocycles. The highest BCUT2D eigenvalue weighted by molar-refractivity contribution is 5.95. The Balaban J connectivity index is 4.57. The predicted molar refractivity (Wildman–Crippen MR) is 58.0 cm³/mol. The second kappa shape index (κ2) is 6.08. The molecule has 0 aliphatic rings. The fraction of sp³-hybridized carbons (Fsp3) is 0.333. The Morgan fingerprint density at radius 3 is 2.07 bits per heavy atom. The highest BCUT2D eigenvalue weighted by Crippen LogP contribution is 2.07. The maximum atomic E-state index is 11.1. The lowest BCUT2D eigenvalue weighted by atomic mass is 10.1. The molecule has 0 rings (SSSR count). The Morgan fingerprint density at radius 1 is 1.14 bits per heavy atom. The maximum Gasteiger partial charge on any atom is 0.156 e. The Labute approximate surface area is 85.0 Å². The van der Waals surface area contributed by atoms with E-state index < -0.39 is 0 Å². The minimum absolute atomic E-state index is 0.0116. The zero-order chi connectivity index (χ0) is 11.1. The molecule has 2 nitrogen and oxygen atoms in total. The van der Waals surface area contributed by atoms with E-state index in [1.54, 1.807) is 25.2 Å². The summed E-state index contributed by atoms with van der Waals surface area (Å²) >= 11 is 0. The zero-order valence-corrected chi connectivity index (χ0v) is 8.96. The van der Waals surface area contributed by atoms with Gasteiger partial charge in [0, 0.05) is 0 Å². The van der Waals surface area contributed by atoms with Crippen LogP contribution in [0.3, 0.4) is 0 Å². The van der Waals surface area contributed by atoms with E-state index in [-0.39, 0.29) is 11.6 Å². The number of allylic oxidation sites excluding steroid dienone is 5. The first-order valence-electron chi connectivity index (χ1n) is 4.49. The molecule has 0 radical (unpaired) electrons. The molecule has 0 unspecified atom stereocenters. The van der Waals surface area contributed by atoms with Crippen LogP contribution >= 0.6 is 0 Å². The smallest absolute Gasteiger partial charge is 0.156 e. The standard InChI is InChI=1S/C12H16O2/c1-5-6-12(11(4)14)8-7-9(2)10(3)13/h5-7H,1,8H2,2-4H3/b9-7+,12-6+. The summed E-state index contributed by atoms with van der Waals surface area (Å²) in [6, 6.07) is 0. The Morgan fingerprint density at radius 2 is 1.71 bits per heavy atom. The third-order valence-corrected chi connectivity index (χ3v) is 1.95. The summed E-state index contributed by atoms with van der Waals surface area (Å²) in [7, 11) is 0. The van der Waals surface area contributed by atoms with Crippen LogP contribution in [-0.2, 0) is 9.59 Å². The van der Waals surface area contributed by atoms with Crippen LogP contribution in [-0.4, -0.2) is 11.6 Å². The van der Waals surface area contributed by atoms with E-state index in [4.69, 9.17) is 0 Å². The molecule has 0 saturated carbocycles. The third-order valence-electron chi connectivity index (χ3n) is 1.95. The summed E-state index contributed by atoms with van der Waals surface area (Å²) < 4.78 is 0. The third kappa shape index (κ3) is 4.55. The Hall–Kier alpha value is -1.44. The number of hydrogen-bond acceptors (Lipinski definition) is 2. The topological polar surface area (TPSA) is 34.1 Å². The number of carbonyl (C=O) groups excluding carboxylic acids is 2. The second-order valence-electron chi connectivity index (χ2n) is 3.13. The lowest BCUT2D eigenvalue weighted by Crippen LogP contribution is -1.97. The van der Waals surface area contributed by atoms with Gasteiger partial charge in [-0.05, 0) is 38.3 Å². The number of Topliss-reactive ketones (excluding diaryl/α,β-unsaturated/α-hetero) is 2. The molecule has 0 heterocycles. The lowest BCUT2D eigenvalue weighted by molar-refractivity contribution is -0.114. The van der Waals surface area contributed by atoms with Gasteiger partial charge in [-0.15, -0.1) is 0 Å². The molecule has 0 aromatic rings. The van der Waals surface area contributed by atoms with Gasteiger partial charge in [-0.3, -0.25) is 9.59 Å². The molecule has 0 fully saturated rings. The van der Waals surface area contributed by atoms with Crippen molar-refractivity contribution in [3.05, 3.63) is 36.0 Å². The van der Waals surface area contributed by atoms with Crippen LogP contribution in [0.5, 0.6) is 0 Å². The predicted octanol–water partition coefficient (Wildman–Crippen LogP) is 2.61. The zero-order valence-electron chi connectivity index (χ0n) is 8.96. The normalized spacial score (nSPS) is 12.5. The summed E-state index contributed by atoms with van der Waals surface area (Å²) in [5.74, 6) is 0.0454. The van der Waals surface area contributed by atoms with Crippen LogP contribution in [0.2, 0.25) is 0 Å². The van der Waals surface area contributed by atoms with Crippen LogP contribution in [0.15, 0.2) is 36.0 Å². The van der Waals surface area contributed by atoms with Crippen molar-refractivity contribution in [3.63, 3.8) is 0 Å². The van der Waals surface area contributed by atoms with Crippen molar-refractivity contribution < 1.29 is 9.59 Å². The summed E-state index contributed by atoms with van der Waals surface area (Å²) in [5.41, 5.74) is 1.35. The molecule has 0 aliphatic heterocycles. The molecule has 0 amide bonds. The molecule has 0 atom stereocenters. The largest absolute Gasteiger partial charge is 0.295 e. The molecule has 2 heteroatoms. The summed E-state index contributed by atoms with van der Waals surface area (Å²) in [6.45, 7) is 8.29. The molecular formula is C12H16O2. The average molecular weight is 192 g/mol. The molecule has 0 aromatic carbocycles. The summed E-state index contributed by atoms with van der Waals surface area (Å²) in [4.78, 5) is 22.0. The first kappa shape index (κ1) is 12.6. The fourth-order valence-corrected chi connectivity index (χ4v) is 0.878. The van der Waals surface area contributed by atoms with E-state index in [2.05, 4.69) is 6.58 Å². The molecular weight excluding hydrogens is 176 g/mol. The van der Waals surface area contributed by atoms with Crippen molar-refractivity contribution in [2.75, 3.05) is 0 Å². The van der Waals surface area contributed by atoms with Gasteiger partial charge in [-0.25, -0.2) is 0 Å². The van der Waals surface area contributed by atoms with Gasteiger partial charge in [0.2, 0.25) is 0 Å². The van der Waals surface area contributed by atoms with Crippen LogP contribution in [0, 0.1) is 0 Å². The lowest BCUT2D eigenvalue weighted by Gasteiger charge is -1.99. The monoisotopic (exact) mass is 192 g/mol. The average Bonchev–Trinajstić information content (AvgIpc) is 2.10. The van der Waals surface area contributed by atoms with Gasteiger partial charge in [0.05, 0.1) is 0 Å². The van der Waals surface area contributed by atoms with Crippen molar-refractivity contribution >= 4 is 11.6 Å². The van der Waals surface area contributed by atoms with Crippen LogP contribution in [0.25, 0.3) is 0 Å². The molecule has 0 bridgehead atoms. The molecule has 0 saturated heterocycles. The van der Waals surface area contributed by atoms with Crippen LogP contribution in [0.1, 0.15) is 27.2 Å². The van der Waals surface area contributed by atoms with Crippen molar-refractivity contribution in [3.8, 4) is 0 Å². The molecule has 76 valence electrons. The minimum atomic E-state index is 0.0116. The highest BCUT2D eigenvalue weighted by Gasteiger charge is 2.01. The molecule has 0 aromatic heterocycles. The fourth-order valence-electron chi connectivity index (χ4n) is 0.878. The van der Waals surface area contributed by atoms with Gasteiger partial charge in [-0.1, -0.05) is 24.8 Å². The van der Waals surface area contributed by atoms with E-state index in [1.807, 2.05) is 0 Å². The van der Waals surface area contributed by atoms with Gasteiger partial charge < -0.3 is 0 Å². The van der Waals surface area contributed by atoms with Crippen LogP contribution in [0.4, 0.5) is 0 Å². The second-order valence-corrected chi connectivity index (χ2v) is 3.13. The number of hydrogen-bond donors (Lipinski definition) is 0. The molecule has 14 heavy (non-hydrogen) atoms. The summed E-state index contributed by atoms with van der Waals surface area (Å²) in [5, 5.41) is 0. The van der Waals surface area contributed by atoms with Crippen molar-refractivity contribution in [1.82, 2.24) is 0 Å². The van der Waals surface area contributed by atoms with Crippen molar-refractivity contribution in [1.29, 1.82) is 0 Å². The minimum Gasteiger partial charge on any atom is -0.295 e. The summed E-state index contributed by atoms with van der Waals surface area (Å²) in [6.07, 6.45) is 5.51. The first-order chi connectivity index (χ1) is 6.49. The van der Waals surface area contributed by atoms with Gasteiger partial charge in [0.15, 0.2) is 11.6 Å². The molecule has 0 spiro atoms. The number of rotatable bonds is 5. The number of ketones is 2. The molecule has 0 N–H and O–H groups in total. The first-order valence-corrected chi connectivity index (χ1v) is 4.49. The van der Waals surface area contributed by atoms with E-state index in [0.717, 1.165) is 0 Å². The SMILES string of the molecule is C=C/C=C(\C/C=C(\C)C(C)=O)C(C)=O. The van der Waals surface area contributed by atoms with Gasteiger partial charge in [0.25, 0.3) is 0 Å². The van der Waals surface area contributed by atoms with Crippen LogP contribution < -0.4 is 0 Å². The Kier molecular flexibility index (Phi) is 5.46. The van der Waals surface area contributed by atoms with E-state index in [0.29, 0.717) is 17.6 Å². The van der Waals surface area contributed by atoms with Crippen molar-refractivity contribution in [2.45, 2.75) is 27.2 Å². The van der Waals surface area contributed by atoms with E-state index >= 15 is 0 Å². The van der Waals surface area contributed by atoms with Gasteiger partial charge in [0.1, 0.15) is 0 Å². The van der Waals surface area contributed by atoms with Gasteiger partial charge in [-0.2, -0.15) is 0 Å². The highest BCUT2D eigenvalue weighted by atomic mass is 16.1. The van der Waals surface area contributed by atoms with E-state index in [9.17, 15) is 9.59 Å².